The summed E-state index contributed by atoms with van der Waals surface area (Å²) in [6.45, 7) is 0. The van der Waals surface area contributed by atoms with Crippen LogP contribution in [0.4, 0.5) is 26.3 Å². The molecule has 0 aromatic heterocycles. The van der Waals surface area contributed by atoms with Crippen LogP contribution >= 0.6 is 11.8 Å². The quantitative estimate of drug-likeness (QED) is 0.472. The maximum atomic E-state index is 13.2. The largest absolute Gasteiger partial charge is 0.315 e. The molecule has 1 aromatic carbocycles. The van der Waals surface area contributed by atoms with E-state index in [1.807, 2.05) is 0 Å². The molecule has 0 atom stereocenters. The summed E-state index contributed by atoms with van der Waals surface area (Å²) in [6, 6.07) is 8.05. The molecule has 0 unspecified atom stereocenters. The van der Waals surface area contributed by atoms with Crippen LogP contribution in [-0.2, 0) is 0 Å². The van der Waals surface area contributed by atoms with Gasteiger partial charge in [-0.3, -0.25) is 4.79 Å². The van der Waals surface area contributed by atoms with Gasteiger partial charge in [-0.05, 0) is 6.42 Å². The summed E-state index contributed by atoms with van der Waals surface area (Å²) >= 11 is 0.729. The van der Waals surface area contributed by atoms with Crippen molar-refractivity contribution in [3.63, 3.8) is 0 Å². The van der Waals surface area contributed by atoms with Crippen LogP contribution in [0.2, 0.25) is 0 Å². The highest BCUT2D eigenvalue weighted by molar-refractivity contribution is 8.14. The highest BCUT2D eigenvalue weighted by Gasteiger charge is 2.56. The fourth-order valence-corrected chi connectivity index (χ4v) is 2.42. The summed E-state index contributed by atoms with van der Waals surface area (Å²) in [5.74, 6) is -9.36. The van der Waals surface area contributed by atoms with Crippen molar-refractivity contribution < 1.29 is 31.1 Å². The van der Waals surface area contributed by atoms with E-state index in [1.165, 1.54) is 0 Å². The van der Waals surface area contributed by atoms with Gasteiger partial charge in [0.05, 0.1) is 6.42 Å². The van der Waals surface area contributed by atoms with Crippen molar-refractivity contribution in [3.8, 4) is 0 Å². The molecule has 0 aliphatic heterocycles. The molecule has 1 nitrogen and oxygen atoms in total. The first-order valence-electron chi connectivity index (χ1n) is 6.42. The summed E-state index contributed by atoms with van der Waals surface area (Å²) in [5.41, 5.74) is 0.377. The molecular weight excluding hydrogens is 330 g/mol. The van der Waals surface area contributed by atoms with E-state index in [2.05, 4.69) is 0 Å². The molecule has 0 amide bonds. The highest BCUT2D eigenvalue weighted by Crippen LogP contribution is 2.41. The van der Waals surface area contributed by atoms with Gasteiger partial charge >= 0.3 is 11.8 Å². The normalized spacial score (nSPS) is 12.7. The van der Waals surface area contributed by atoms with Gasteiger partial charge in [-0.15, -0.1) is 0 Å². The summed E-state index contributed by atoms with van der Waals surface area (Å²) in [5, 5.41) is -0.358. The zero-order valence-corrected chi connectivity index (χ0v) is 12.2. The first kappa shape index (κ1) is 18.9. The van der Waals surface area contributed by atoms with E-state index < -0.39 is 31.1 Å². The SMILES string of the molecule is O=C(SCCCC(F)(F)C(F)(F)CC(F)F)c1ccccc1. The molecule has 0 N–H and O–H groups in total. The average Bonchev–Trinajstić information content (AvgIpc) is 2.42. The van der Waals surface area contributed by atoms with Gasteiger partial charge in [-0.25, -0.2) is 8.78 Å². The van der Waals surface area contributed by atoms with Crippen LogP contribution in [0.1, 0.15) is 29.6 Å². The maximum absolute atomic E-state index is 13.2. The number of hydrogen-bond acceptors (Lipinski definition) is 2. The second kappa shape index (κ2) is 7.89. The fraction of sp³-hybridized carbons (Fsp3) is 0.500. The lowest BCUT2D eigenvalue weighted by Gasteiger charge is -2.26. The van der Waals surface area contributed by atoms with Gasteiger partial charge in [-0.2, -0.15) is 17.6 Å². The summed E-state index contributed by atoms with van der Waals surface area (Å²) in [7, 11) is 0. The van der Waals surface area contributed by atoms with Gasteiger partial charge in [0.1, 0.15) is 0 Å². The average molecular weight is 344 g/mol. The third-order valence-electron chi connectivity index (χ3n) is 2.82. The Morgan fingerprint density at radius 3 is 2.18 bits per heavy atom. The lowest BCUT2D eigenvalue weighted by atomic mass is 10.0. The van der Waals surface area contributed by atoms with Gasteiger partial charge in [-0.1, -0.05) is 42.1 Å². The van der Waals surface area contributed by atoms with Gasteiger partial charge in [0, 0.05) is 17.7 Å². The highest BCUT2D eigenvalue weighted by atomic mass is 32.2. The lowest BCUT2D eigenvalue weighted by molar-refractivity contribution is -0.226. The number of alkyl halides is 6. The number of halogens is 6. The maximum Gasteiger partial charge on any atom is 0.315 e. The molecule has 0 saturated carbocycles. The van der Waals surface area contributed by atoms with Crippen molar-refractivity contribution in [2.75, 3.05) is 5.75 Å². The minimum atomic E-state index is -4.75. The number of carbonyl (C=O) groups excluding carboxylic acids is 1. The van der Waals surface area contributed by atoms with Gasteiger partial charge in [0.25, 0.3) is 0 Å². The smallest absolute Gasteiger partial charge is 0.282 e. The van der Waals surface area contributed by atoms with E-state index in [-0.39, 0.29) is 17.3 Å². The molecule has 0 aliphatic carbocycles. The van der Waals surface area contributed by atoms with Crippen molar-refractivity contribution in [3.05, 3.63) is 35.9 Å². The summed E-state index contributed by atoms with van der Waals surface area (Å²) in [6.07, 6.45) is -7.30. The number of carbonyl (C=O) groups is 1. The van der Waals surface area contributed by atoms with E-state index in [1.54, 1.807) is 30.3 Å². The Kier molecular flexibility index (Phi) is 6.77. The first-order chi connectivity index (χ1) is 10.2. The van der Waals surface area contributed by atoms with E-state index in [4.69, 9.17) is 0 Å². The predicted octanol–water partition coefficient (Wildman–Crippen LogP) is 5.27. The molecule has 0 bridgehead atoms. The Bertz CT molecular complexity index is 477. The predicted molar refractivity (Wildman–Crippen MR) is 73.0 cm³/mol. The van der Waals surface area contributed by atoms with Crippen LogP contribution in [0.3, 0.4) is 0 Å². The zero-order chi connectivity index (χ0) is 16.8. The molecule has 22 heavy (non-hydrogen) atoms. The van der Waals surface area contributed by atoms with Crippen LogP contribution in [-0.4, -0.2) is 29.1 Å². The minimum Gasteiger partial charge on any atom is -0.282 e. The van der Waals surface area contributed by atoms with E-state index in [0.29, 0.717) is 5.56 Å². The topological polar surface area (TPSA) is 17.1 Å². The van der Waals surface area contributed by atoms with Crippen LogP contribution in [0, 0.1) is 0 Å². The van der Waals surface area contributed by atoms with Crippen LogP contribution in [0.25, 0.3) is 0 Å². The molecule has 8 heteroatoms. The Morgan fingerprint density at radius 2 is 1.64 bits per heavy atom. The van der Waals surface area contributed by atoms with Crippen molar-refractivity contribution in [1.82, 2.24) is 0 Å². The zero-order valence-electron chi connectivity index (χ0n) is 11.4. The van der Waals surface area contributed by atoms with Gasteiger partial charge in [0.15, 0.2) is 0 Å². The van der Waals surface area contributed by atoms with E-state index in [0.717, 1.165) is 11.8 Å². The molecule has 124 valence electrons. The third kappa shape index (κ3) is 5.55. The van der Waals surface area contributed by atoms with Crippen molar-refractivity contribution >= 4 is 16.9 Å². The molecule has 1 rings (SSSR count). The molecule has 1 aromatic rings. The van der Waals surface area contributed by atoms with Crippen molar-refractivity contribution in [2.24, 2.45) is 0 Å². The Labute approximate surface area is 128 Å². The van der Waals surface area contributed by atoms with Crippen molar-refractivity contribution in [1.29, 1.82) is 0 Å². The van der Waals surface area contributed by atoms with Crippen LogP contribution in [0.15, 0.2) is 30.3 Å². The number of benzene rings is 1. The lowest BCUT2D eigenvalue weighted by Crippen LogP contribution is -2.42. The Hall–Kier alpha value is -1.18. The van der Waals surface area contributed by atoms with Crippen LogP contribution in [0.5, 0.6) is 0 Å². The molecule has 0 heterocycles. The van der Waals surface area contributed by atoms with Crippen LogP contribution < -0.4 is 0 Å². The summed E-state index contributed by atoms with van der Waals surface area (Å²) in [4.78, 5) is 11.6. The second-order valence-corrected chi connectivity index (χ2v) is 5.68. The van der Waals surface area contributed by atoms with E-state index in [9.17, 15) is 31.1 Å². The number of hydrogen-bond donors (Lipinski definition) is 0. The third-order valence-corrected chi connectivity index (χ3v) is 3.81. The molecule has 0 aliphatic rings. The van der Waals surface area contributed by atoms with Crippen molar-refractivity contribution in [2.45, 2.75) is 37.5 Å². The summed E-state index contributed by atoms with van der Waals surface area (Å²) < 4.78 is 76.2. The van der Waals surface area contributed by atoms with Gasteiger partial charge in [0.2, 0.25) is 11.5 Å². The Balaban J connectivity index is 2.41. The molecule has 0 saturated heterocycles. The first-order valence-corrected chi connectivity index (χ1v) is 7.40. The number of rotatable bonds is 8. The number of thioether (sulfide) groups is 1. The fourth-order valence-electron chi connectivity index (χ4n) is 1.64. The Morgan fingerprint density at radius 1 is 1.05 bits per heavy atom. The minimum absolute atomic E-state index is 0.0892. The molecular formula is C14H14F6OS. The molecule has 0 fully saturated rings. The second-order valence-electron chi connectivity index (χ2n) is 4.61. The molecule has 0 radical (unpaired) electrons. The monoisotopic (exact) mass is 344 g/mol. The van der Waals surface area contributed by atoms with Gasteiger partial charge < -0.3 is 0 Å². The standard InChI is InChI=1S/C14H14F6OS/c15-11(16)9-14(19,20)13(17,18)7-4-8-22-12(21)10-5-2-1-3-6-10/h1-3,5-6,11H,4,7-9H2. The van der Waals surface area contributed by atoms with E-state index >= 15 is 0 Å². The molecule has 0 spiro atoms.